The van der Waals surface area contributed by atoms with E-state index in [0.717, 1.165) is 22.5 Å². The molecule has 0 radical (unpaired) electrons. The van der Waals surface area contributed by atoms with Gasteiger partial charge in [-0.3, -0.25) is 9.59 Å². The maximum Gasteiger partial charge on any atom is 0.221 e. The highest BCUT2D eigenvalue weighted by Crippen LogP contribution is 2.20. The summed E-state index contributed by atoms with van der Waals surface area (Å²) in [6, 6.07) is 10.6. The number of hydrogen-bond acceptors (Lipinski definition) is 6. The Morgan fingerprint density at radius 1 is 1.07 bits per heavy atom. The predicted molar refractivity (Wildman–Crippen MR) is 104 cm³/mol. The van der Waals surface area contributed by atoms with E-state index in [1.54, 1.807) is 31.5 Å². The fourth-order valence-corrected chi connectivity index (χ4v) is 2.30. The third kappa shape index (κ3) is 5.50. The van der Waals surface area contributed by atoms with Gasteiger partial charge in [-0.15, -0.1) is 0 Å². The van der Waals surface area contributed by atoms with Crippen LogP contribution in [0.5, 0.6) is 11.5 Å². The second-order valence-electron chi connectivity index (χ2n) is 5.59. The van der Waals surface area contributed by atoms with Crippen LogP contribution in [0.25, 0.3) is 10.9 Å². The Balaban J connectivity index is 0.000000194. The summed E-state index contributed by atoms with van der Waals surface area (Å²) in [5.41, 5.74) is 1.85. The maximum absolute atomic E-state index is 10.8. The van der Waals surface area contributed by atoms with Crippen LogP contribution in [0.3, 0.4) is 0 Å². The lowest BCUT2D eigenvalue weighted by molar-refractivity contribution is -0.114. The molecule has 7 nitrogen and oxygen atoms in total. The molecule has 0 spiro atoms. The average molecular weight is 367 g/mol. The zero-order chi connectivity index (χ0) is 19.8. The number of rotatable bonds is 4. The first-order chi connectivity index (χ1) is 13.0. The van der Waals surface area contributed by atoms with Crippen molar-refractivity contribution < 1.29 is 19.1 Å². The number of nitrogens with one attached hydrogen (secondary N) is 1. The molecule has 1 amide bonds. The second kappa shape index (κ2) is 9.28. The summed E-state index contributed by atoms with van der Waals surface area (Å²) in [7, 11) is 3.16. The maximum atomic E-state index is 10.8. The minimum absolute atomic E-state index is 0.210. The SMILES string of the molecule is COc1ccc(NC(C)=O)c(C=O)c1.COc1ccc2nc(C)ncc2c1. The van der Waals surface area contributed by atoms with Gasteiger partial charge < -0.3 is 14.8 Å². The fourth-order valence-electron chi connectivity index (χ4n) is 2.30. The van der Waals surface area contributed by atoms with Crippen LogP contribution < -0.4 is 14.8 Å². The predicted octanol–water partition coefficient (Wildman–Crippen LogP) is 3.41. The summed E-state index contributed by atoms with van der Waals surface area (Å²) < 4.78 is 10.0. The standard InChI is InChI=1S/C10H10N2O.C10H11NO3/c1-7-11-6-8-5-9(13-2)3-4-10(8)12-7;1-7(13)11-10-4-3-9(14-2)5-8(10)6-12/h3-6H,1-2H3;3-6H,1-2H3,(H,11,13). The Hall–Kier alpha value is -3.48. The van der Waals surface area contributed by atoms with Gasteiger partial charge in [0, 0.05) is 24.1 Å². The Labute approximate surface area is 157 Å². The molecule has 0 saturated heterocycles. The molecule has 0 aliphatic heterocycles. The summed E-state index contributed by atoms with van der Waals surface area (Å²) in [6.07, 6.45) is 2.48. The number of carbonyl (C=O) groups is 2. The highest BCUT2D eigenvalue weighted by Gasteiger charge is 2.04. The Bertz CT molecular complexity index is 957. The van der Waals surface area contributed by atoms with Crippen LogP contribution >= 0.6 is 0 Å². The van der Waals surface area contributed by atoms with Crippen LogP contribution in [0.1, 0.15) is 23.1 Å². The minimum atomic E-state index is -0.210. The van der Waals surface area contributed by atoms with Crippen LogP contribution in [0.2, 0.25) is 0 Å². The number of aromatic nitrogens is 2. The van der Waals surface area contributed by atoms with Gasteiger partial charge in [0.05, 0.1) is 25.4 Å². The minimum Gasteiger partial charge on any atom is -0.497 e. The molecule has 2 aromatic carbocycles. The van der Waals surface area contributed by atoms with Gasteiger partial charge in [-0.1, -0.05) is 0 Å². The van der Waals surface area contributed by atoms with Crippen molar-refractivity contribution >= 4 is 28.8 Å². The van der Waals surface area contributed by atoms with Crippen LogP contribution in [-0.4, -0.2) is 36.4 Å². The van der Waals surface area contributed by atoms with Crippen molar-refractivity contribution in [2.45, 2.75) is 13.8 Å². The van der Waals surface area contributed by atoms with E-state index < -0.39 is 0 Å². The summed E-state index contributed by atoms with van der Waals surface area (Å²) >= 11 is 0. The van der Waals surface area contributed by atoms with Gasteiger partial charge >= 0.3 is 0 Å². The normalized spacial score (nSPS) is 9.78. The van der Waals surface area contributed by atoms with E-state index in [-0.39, 0.29) is 5.91 Å². The molecule has 1 heterocycles. The molecule has 1 aromatic heterocycles. The van der Waals surface area contributed by atoms with E-state index in [2.05, 4.69) is 15.3 Å². The van der Waals surface area contributed by atoms with Gasteiger partial charge in [-0.2, -0.15) is 0 Å². The first-order valence-electron chi connectivity index (χ1n) is 8.15. The van der Waals surface area contributed by atoms with Gasteiger partial charge in [0.25, 0.3) is 0 Å². The summed E-state index contributed by atoms with van der Waals surface area (Å²) in [6.45, 7) is 3.27. The zero-order valence-electron chi connectivity index (χ0n) is 15.6. The number of aryl methyl sites for hydroxylation is 1. The molecule has 0 atom stereocenters. The molecule has 0 aliphatic rings. The average Bonchev–Trinajstić information content (AvgIpc) is 2.68. The number of benzene rings is 2. The van der Waals surface area contributed by atoms with Gasteiger partial charge in [-0.25, -0.2) is 9.97 Å². The van der Waals surface area contributed by atoms with Crippen molar-refractivity contribution in [3.05, 3.63) is 54.0 Å². The molecule has 3 aromatic rings. The van der Waals surface area contributed by atoms with E-state index in [0.29, 0.717) is 23.3 Å². The third-order valence-electron chi connectivity index (χ3n) is 3.60. The van der Waals surface area contributed by atoms with Crippen molar-refractivity contribution in [1.82, 2.24) is 9.97 Å². The van der Waals surface area contributed by atoms with Gasteiger partial charge in [0.2, 0.25) is 5.91 Å². The largest absolute Gasteiger partial charge is 0.497 e. The molecule has 140 valence electrons. The number of methoxy groups -OCH3 is 2. The molecule has 0 bridgehead atoms. The first-order valence-corrected chi connectivity index (χ1v) is 8.15. The number of ether oxygens (including phenoxy) is 2. The van der Waals surface area contributed by atoms with Crippen molar-refractivity contribution in [2.24, 2.45) is 0 Å². The number of amides is 1. The third-order valence-corrected chi connectivity index (χ3v) is 3.60. The lowest BCUT2D eigenvalue weighted by Gasteiger charge is -2.06. The monoisotopic (exact) mass is 367 g/mol. The van der Waals surface area contributed by atoms with E-state index in [4.69, 9.17) is 9.47 Å². The van der Waals surface area contributed by atoms with Gasteiger partial charge in [0.15, 0.2) is 6.29 Å². The molecule has 7 heteroatoms. The number of hydrogen-bond donors (Lipinski definition) is 1. The Morgan fingerprint density at radius 3 is 2.37 bits per heavy atom. The molecule has 0 unspecified atom stereocenters. The molecule has 1 N–H and O–H groups in total. The van der Waals surface area contributed by atoms with E-state index >= 15 is 0 Å². The first kappa shape index (κ1) is 19.8. The summed E-state index contributed by atoms with van der Waals surface area (Å²) in [5, 5.41) is 3.55. The van der Waals surface area contributed by atoms with Crippen molar-refractivity contribution in [1.29, 1.82) is 0 Å². The summed E-state index contributed by atoms with van der Waals surface area (Å²) in [5.74, 6) is 2.00. The quantitative estimate of drug-likeness (QED) is 0.711. The van der Waals surface area contributed by atoms with Crippen LogP contribution in [0.15, 0.2) is 42.6 Å². The topological polar surface area (TPSA) is 90.4 Å². The Kier molecular flexibility index (Phi) is 6.82. The number of aldehydes is 1. The molecular weight excluding hydrogens is 346 g/mol. The van der Waals surface area contributed by atoms with Crippen LogP contribution in [0.4, 0.5) is 5.69 Å². The van der Waals surface area contributed by atoms with Gasteiger partial charge in [0.1, 0.15) is 17.3 Å². The zero-order valence-corrected chi connectivity index (χ0v) is 15.6. The highest BCUT2D eigenvalue weighted by molar-refractivity contribution is 5.95. The van der Waals surface area contributed by atoms with Crippen LogP contribution in [0, 0.1) is 6.92 Å². The number of carbonyl (C=O) groups excluding carboxylic acids is 2. The van der Waals surface area contributed by atoms with E-state index in [1.807, 2.05) is 25.1 Å². The number of fused-ring (bicyclic) bond motifs is 1. The molecule has 0 saturated carbocycles. The van der Waals surface area contributed by atoms with E-state index in [9.17, 15) is 9.59 Å². The second-order valence-corrected chi connectivity index (χ2v) is 5.59. The fraction of sp³-hybridized carbons (Fsp3) is 0.200. The Morgan fingerprint density at radius 2 is 1.74 bits per heavy atom. The molecular formula is C20H21N3O4. The smallest absolute Gasteiger partial charge is 0.221 e. The van der Waals surface area contributed by atoms with Crippen LogP contribution in [-0.2, 0) is 4.79 Å². The molecule has 0 aliphatic carbocycles. The lowest BCUT2D eigenvalue weighted by Crippen LogP contribution is -2.07. The number of anilines is 1. The molecule has 27 heavy (non-hydrogen) atoms. The lowest BCUT2D eigenvalue weighted by atomic mass is 10.2. The van der Waals surface area contributed by atoms with E-state index in [1.165, 1.54) is 14.0 Å². The molecule has 0 fully saturated rings. The molecule has 3 rings (SSSR count). The summed E-state index contributed by atoms with van der Waals surface area (Å²) in [4.78, 5) is 29.8. The van der Waals surface area contributed by atoms with Crippen molar-refractivity contribution in [3.8, 4) is 11.5 Å². The van der Waals surface area contributed by atoms with Gasteiger partial charge in [-0.05, 0) is 43.3 Å². The number of nitrogens with zero attached hydrogens (tertiary/aromatic N) is 2. The van der Waals surface area contributed by atoms with Crippen molar-refractivity contribution in [3.63, 3.8) is 0 Å². The van der Waals surface area contributed by atoms with Crippen molar-refractivity contribution in [2.75, 3.05) is 19.5 Å². The highest BCUT2D eigenvalue weighted by atomic mass is 16.5.